The van der Waals surface area contributed by atoms with Crippen molar-refractivity contribution in [2.45, 2.75) is 25.5 Å². The quantitative estimate of drug-likeness (QED) is 0.486. The van der Waals surface area contributed by atoms with E-state index in [1.165, 1.54) is 11.8 Å². The summed E-state index contributed by atoms with van der Waals surface area (Å²) in [5, 5.41) is 11.6. The van der Waals surface area contributed by atoms with Gasteiger partial charge in [-0.2, -0.15) is 0 Å². The highest BCUT2D eigenvalue weighted by molar-refractivity contribution is 6.30. The SMILES string of the molecule is CC1(CN2CCN(C(=O)N3CC=C(c4ccc(Cl)cc4)CC3)CC2)Cn2cc([N+](=O)[O-])nc2O1. The fourth-order valence-corrected chi connectivity index (χ4v) is 5.03. The maximum atomic E-state index is 13.1. The zero-order valence-corrected chi connectivity index (χ0v) is 19.8. The van der Waals surface area contributed by atoms with Gasteiger partial charge in [0, 0.05) is 55.8 Å². The Bertz CT molecular complexity index is 1100. The molecule has 10 nitrogen and oxygen atoms in total. The van der Waals surface area contributed by atoms with Gasteiger partial charge < -0.3 is 24.7 Å². The molecule has 2 amide bonds. The molecule has 1 atom stereocenters. The molecule has 3 aliphatic rings. The lowest BCUT2D eigenvalue weighted by Gasteiger charge is -2.40. The van der Waals surface area contributed by atoms with Crippen LogP contribution in [-0.2, 0) is 6.54 Å². The van der Waals surface area contributed by atoms with E-state index in [1.807, 2.05) is 41.0 Å². The van der Waals surface area contributed by atoms with E-state index >= 15 is 0 Å². The van der Waals surface area contributed by atoms with Gasteiger partial charge in [0.1, 0.15) is 11.8 Å². The fourth-order valence-electron chi connectivity index (χ4n) is 4.90. The van der Waals surface area contributed by atoms with Crippen molar-refractivity contribution >= 4 is 29.0 Å². The second kappa shape index (κ2) is 8.92. The topological polar surface area (TPSA) is 97.0 Å². The van der Waals surface area contributed by atoms with Crippen LogP contribution >= 0.6 is 11.6 Å². The summed E-state index contributed by atoms with van der Waals surface area (Å²) in [5.74, 6) is -0.197. The zero-order valence-electron chi connectivity index (χ0n) is 19.0. The van der Waals surface area contributed by atoms with Crippen LogP contribution < -0.4 is 4.74 Å². The molecule has 34 heavy (non-hydrogen) atoms. The molecule has 2 aromatic rings. The predicted molar refractivity (Wildman–Crippen MR) is 127 cm³/mol. The second-order valence-corrected chi connectivity index (χ2v) is 9.73. The third-order valence-electron chi connectivity index (χ3n) is 6.65. The van der Waals surface area contributed by atoms with E-state index in [4.69, 9.17) is 16.3 Å². The molecule has 11 heteroatoms. The van der Waals surface area contributed by atoms with Crippen LogP contribution in [0, 0.1) is 10.1 Å². The van der Waals surface area contributed by atoms with Crippen LogP contribution in [0.25, 0.3) is 5.57 Å². The van der Waals surface area contributed by atoms with E-state index in [9.17, 15) is 14.9 Å². The normalized spacial score (nSPS) is 22.8. The number of carbonyl (C=O) groups excluding carboxylic acids is 1. The molecule has 0 saturated carbocycles. The third kappa shape index (κ3) is 4.60. The number of rotatable bonds is 4. The van der Waals surface area contributed by atoms with Gasteiger partial charge in [0.05, 0.1) is 6.54 Å². The molecule has 0 N–H and O–H groups in total. The average Bonchev–Trinajstić information content (AvgIpc) is 3.35. The van der Waals surface area contributed by atoms with Crippen LogP contribution in [0.1, 0.15) is 18.9 Å². The minimum Gasteiger partial charge on any atom is -0.436 e. The summed E-state index contributed by atoms with van der Waals surface area (Å²) in [4.78, 5) is 33.5. The van der Waals surface area contributed by atoms with Gasteiger partial charge in [-0.1, -0.05) is 29.8 Å². The molecule has 1 aromatic carbocycles. The van der Waals surface area contributed by atoms with Crippen LogP contribution in [-0.4, -0.2) is 86.6 Å². The summed E-state index contributed by atoms with van der Waals surface area (Å²) in [7, 11) is 0. The first-order chi connectivity index (χ1) is 16.3. The molecular weight excluding hydrogens is 460 g/mol. The van der Waals surface area contributed by atoms with E-state index in [1.54, 1.807) is 4.57 Å². The number of hydrogen-bond donors (Lipinski definition) is 0. The summed E-state index contributed by atoms with van der Waals surface area (Å²) in [6.45, 7) is 7.33. The summed E-state index contributed by atoms with van der Waals surface area (Å²) in [6.07, 6.45) is 4.38. The maximum absolute atomic E-state index is 13.1. The predicted octanol–water partition coefficient (Wildman–Crippen LogP) is 3.12. The number of nitrogens with zero attached hydrogens (tertiary/aromatic N) is 6. The first-order valence-corrected chi connectivity index (χ1v) is 11.8. The lowest BCUT2D eigenvalue weighted by molar-refractivity contribution is -0.389. The lowest BCUT2D eigenvalue weighted by atomic mass is 10.00. The maximum Gasteiger partial charge on any atom is 0.415 e. The summed E-state index contributed by atoms with van der Waals surface area (Å²) in [6, 6.07) is 8.20. The van der Waals surface area contributed by atoms with Crippen molar-refractivity contribution in [1.82, 2.24) is 24.3 Å². The van der Waals surface area contributed by atoms with Gasteiger partial charge in [0.15, 0.2) is 0 Å². The number of ether oxygens (including phenoxy) is 1. The number of urea groups is 1. The number of nitro groups is 1. The van der Waals surface area contributed by atoms with Gasteiger partial charge in [-0.15, -0.1) is 0 Å². The molecule has 4 heterocycles. The monoisotopic (exact) mass is 486 g/mol. The first-order valence-electron chi connectivity index (χ1n) is 11.4. The fraction of sp³-hybridized carbons (Fsp3) is 0.478. The van der Waals surface area contributed by atoms with Crippen molar-refractivity contribution in [3.63, 3.8) is 0 Å². The van der Waals surface area contributed by atoms with Crippen LogP contribution in [0.3, 0.4) is 0 Å². The molecule has 0 bridgehead atoms. The largest absolute Gasteiger partial charge is 0.436 e. The molecule has 1 fully saturated rings. The number of fused-ring (bicyclic) bond motifs is 1. The van der Waals surface area contributed by atoms with E-state index in [0.29, 0.717) is 45.3 Å². The number of amides is 2. The molecule has 3 aliphatic heterocycles. The van der Waals surface area contributed by atoms with Crippen molar-refractivity contribution in [2.24, 2.45) is 0 Å². The Morgan fingerprint density at radius 2 is 1.91 bits per heavy atom. The minimum atomic E-state index is -0.515. The molecular formula is C23H27ClN6O4. The Morgan fingerprint density at radius 3 is 2.53 bits per heavy atom. The minimum absolute atomic E-state index is 0.0850. The van der Waals surface area contributed by atoms with Gasteiger partial charge in [-0.3, -0.25) is 9.47 Å². The molecule has 1 aromatic heterocycles. The Labute approximate surface area is 202 Å². The zero-order chi connectivity index (χ0) is 23.9. The van der Waals surface area contributed by atoms with Gasteiger partial charge in [-0.05, 0) is 41.5 Å². The van der Waals surface area contributed by atoms with E-state index in [-0.39, 0.29) is 11.8 Å². The van der Waals surface area contributed by atoms with Crippen LogP contribution in [0.5, 0.6) is 6.01 Å². The number of piperazine rings is 1. The van der Waals surface area contributed by atoms with Gasteiger partial charge in [0.25, 0.3) is 0 Å². The lowest BCUT2D eigenvalue weighted by Crippen LogP contribution is -2.56. The highest BCUT2D eigenvalue weighted by atomic mass is 35.5. The van der Waals surface area contributed by atoms with Crippen LogP contribution in [0.2, 0.25) is 5.02 Å². The van der Waals surface area contributed by atoms with Crippen molar-refractivity contribution < 1.29 is 14.5 Å². The van der Waals surface area contributed by atoms with Crippen LogP contribution in [0.15, 0.2) is 36.5 Å². The Hall–Kier alpha value is -3.11. The smallest absolute Gasteiger partial charge is 0.415 e. The van der Waals surface area contributed by atoms with Crippen molar-refractivity contribution in [3.05, 3.63) is 57.2 Å². The third-order valence-corrected chi connectivity index (χ3v) is 6.90. The average molecular weight is 487 g/mol. The summed E-state index contributed by atoms with van der Waals surface area (Å²) >= 11 is 5.98. The van der Waals surface area contributed by atoms with Gasteiger partial charge >= 0.3 is 17.9 Å². The number of halogens is 1. The first kappa shape index (κ1) is 22.7. The summed E-state index contributed by atoms with van der Waals surface area (Å²) < 4.78 is 7.65. The highest BCUT2D eigenvalue weighted by Crippen LogP contribution is 2.32. The Morgan fingerprint density at radius 1 is 1.18 bits per heavy atom. The van der Waals surface area contributed by atoms with E-state index in [0.717, 1.165) is 30.1 Å². The van der Waals surface area contributed by atoms with Gasteiger partial charge in [0.2, 0.25) is 0 Å². The molecule has 180 valence electrons. The Kier molecular flexibility index (Phi) is 5.95. The second-order valence-electron chi connectivity index (χ2n) is 9.30. The van der Waals surface area contributed by atoms with Crippen LogP contribution in [0.4, 0.5) is 10.6 Å². The van der Waals surface area contributed by atoms with E-state index in [2.05, 4.69) is 16.0 Å². The molecule has 5 rings (SSSR count). The Balaban J connectivity index is 1.11. The number of imidazole rings is 1. The number of hydrogen-bond acceptors (Lipinski definition) is 6. The number of benzene rings is 1. The van der Waals surface area contributed by atoms with E-state index < -0.39 is 10.5 Å². The molecule has 1 saturated heterocycles. The van der Waals surface area contributed by atoms with Crippen molar-refractivity contribution in [3.8, 4) is 6.01 Å². The van der Waals surface area contributed by atoms with Gasteiger partial charge in [-0.25, -0.2) is 4.79 Å². The highest BCUT2D eigenvalue weighted by Gasteiger charge is 2.42. The number of carbonyl (C=O) groups is 1. The standard InChI is InChI=1S/C23H27ClN6O4/c1-23(16-29-14-20(30(32)33)25-21(29)34-23)15-26-10-12-28(13-11-26)22(31)27-8-6-18(7-9-27)17-2-4-19(24)5-3-17/h2-6,14H,7-13,15-16H2,1H3. The number of aromatic nitrogens is 2. The van der Waals surface area contributed by atoms with Crippen molar-refractivity contribution in [1.29, 1.82) is 0 Å². The molecule has 1 unspecified atom stereocenters. The summed E-state index contributed by atoms with van der Waals surface area (Å²) in [5.41, 5.74) is 1.91. The molecule has 0 spiro atoms. The van der Waals surface area contributed by atoms with Crippen molar-refractivity contribution in [2.75, 3.05) is 45.8 Å². The molecule has 0 aliphatic carbocycles. The molecule has 0 radical (unpaired) electrons.